The highest BCUT2D eigenvalue weighted by Crippen LogP contribution is 2.43. The smallest absolute Gasteiger partial charge is 0.325 e. The van der Waals surface area contributed by atoms with Gasteiger partial charge in [0.05, 0.1) is 30.4 Å². The first kappa shape index (κ1) is 33.2. The molecule has 0 spiro atoms. The number of amides is 2. The molecular formula is C36H39N3O6S. The van der Waals surface area contributed by atoms with Crippen molar-refractivity contribution >= 4 is 23.8 Å². The molecule has 240 valence electrons. The molecule has 1 saturated heterocycles. The predicted octanol–water partition coefficient (Wildman–Crippen LogP) is 6.19. The van der Waals surface area contributed by atoms with Gasteiger partial charge in [0.25, 0.3) is 0 Å². The van der Waals surface area contributed by atoms with Crippen molar-refractivity contribution in [3.05, 3.63) is 119 Å². The van der Waals surface area contributed by atoms with Gasteiger partial charge in [-0.1, -0.05) is 79.7 Å². The van der Waals surface area contributed by atoms with E-state index in [4.69, 9.17) is 14.2 Å². The Balaban J connectivity index is 1.27. The molecule has 4 aromatic rings. The van der Waals surface area contributed by atoms with E-state index in [-0.39, 0.29) is 37.9 Å². The van der Waals surface area contributed by atoms with Crippen LogP contribution in [0.3, 0.4) is 0 Å². The average molecular weight is 642 g/mol. The SMILES string of the molecule is CCOC(=O)CNC(=O)NCc1cccc(-c2ccc([C@@H]3O[C@H](CSc4ccccn4)[C@H](C)[C@H](c4ccc(CO)cc4)O3)cc2)c1. The minimum absolute atomic E-state index is 0.00530. The maximum Gasteiger partial charge on any atom is 0.325 e. The zero-order valence-electron chi connectivity index (χ0n) is 25.9. The van der Waals surface area contributed by atoms with Gasteiger partial charge in [0.2, 0.25) is 0 Å². The Morgan fingerprint density at radius 3 is 2.39 bits per heavy atom. The van der Waals surface area contributed by atoms with Crippen molar-refractivity contribution in [1.82, 2.24) is 15.6 Å². The molecule has 3 N–H and O–H groups in total. The van der Waals surface area contributed by atoms with Crippen molar-refractivity contribution in [3.8, 4) is 11.1 Å². The number of urea groups is 1. The number of aliphatic hydroxyl groups is 1. The topological polar surface area (TPSA) is 119 Å². The Morgan fingerprint density at radius 1 is 0.891 bits per heavy atom. The van der Waals surface area contributed by atoms with Crippen molar-refractivity contribution < 1.29 is 28.9 Å². The second-order valence-electron chi connectivity index (χ2n) is 11.0. The summed E-state index contributed by atoms with van der Waals surface area (Å²) in [5, 5.41) is 15.7. The van der Waals surface area contributed by atoms with Crippen molar-refractivity contribution in [2.75, 3.05) is 18.9 Å². The molecule has 0 aliphatic carbocycles. The first-order valence-corrected chi connectivity index (χ1v) is 16.3. The summed E-state index contributed by atoms with van der Waals surface area (Å²) in [7, 11) is 0. The standard InChI is InChI=1S/C36H39N3O6S/c1-3-43-33(41)21-39-36(42)38-20-26-7-6-8-30(19-26)27-14-16-29(17-15-27)35-44-31(23-46-32-9-4-5-18-37-32)24(2)34(45-35)28-12-10-25(22-40)11-13-28/h4-19,24,31,34-35,40H,3,20-23H2,1-2H3,(H2,38,39,42)/t24-,31+,34+,35+/m0/s1. The fourth-order valence-electron chi connectivity index (χ4n) is 5.21. The highest BCUT2D eigenvalue weighted by molar-refractivity contribution is 7.99. The molecule has 2 amide bonds. The van der Waals surface area contributed by atoms with Crippen LogP contribution in [-0.4, -0.2) is 47.1 Å². The van der Waals surface area contributed by atoms with Gasteiger partial charge < -0.3 is 30.0 Å². The van der Waals surface area contributed by atoms with Crippen LogP contribution < -0.4 is 10.6 Å². The Morgan fingerprint density at radius 2 is 1.67 bits per heavy atom. The van der Waals surface area contributed by atoms with Crippen molar-refractivity contribution in [1.29, 1.82) is 0 Å². The third-order valence-electron chi connectivity index (χ3n) is 7.75. The molecule has 1 aliphatic rings. The number of carbonyl (C=O) groups is 2. The minimum atomic E-state index is -0.564. The highest BCUT2D eigenvalue weighted by Gasteiger charge is 2.38. The summed E-state index contributed by atoms with van der Waals surface area (Å²) in [6.07, 6.45) is 0.945. The zero-order valence-corrected chi connectivity index (χ0v) is 26.7. The van der Waals surface area contributed by atoms with Crippen LogP contribution in [0.4, 0.5) is 4.79 Å². The Hall–Kier alpha value is -4.22. The molecule has 46 heavy (non-hydrogen) atoms. The van der Waals surface area contributed by atoms with Crippen LogP contribution in [0.1, 0.15) is 48.5 Å². The van der Waals surface area contributed by atoms with E-state index in [1.165, 1.54) is 0 Å². The number of hydrogen-bond donors (Lipinski definition) is 3. The lowest BCUT2D eigenvalue weighted by atomic mass is 9.91. The first-order valence-electron chi connectivity index (χ1n) is 15.3. The number of thioether (sulfide) groups is 1. The third-order valence-corrected chi connectivity index (χ3v) is 8.78. The fourth-order valence-corrected chi connectivity index (χ4v) is 6.24. The molecule has 4 atom stereocenters. The first-order chi connectivity index (χ1) is 22.4. The summed E-state index contributed by atoms with van der Waals surface area (Å²) in [6.45, 7) is 4.26. The Labute approximate surface area is 273 Å². The lowest BCUT2D eigenvalue weighted by molar-refractivity contribution is -0.268. The van der Waals surface area contributed by atoms with Crippen LogP contribution in [0.5, 0.6) is 0 Å². The second kappa shape index (κ2) is 16.4. The molecule has 9 nitrogen and oxygen atoms in total. The number of carbonyl (C=O) groups excluding carboxylic acids is 2. The van der Waals surface area contributed by atoms with Gasteiger partial charge >= 0.3 is 12.0 Å². The molecule has 1 fully saturated rings. The summed E-state index contributed by atoms with van der Waals surface area (Å²) >= 11 is 1.67. The van der Waals surface area contributed by atoms with E-state index in [0.29, 0.717) is 6.54 Å². The number of ether oxygens (including phenoxy) is 3. The van der Waals surface area contributed by atoms with Crippen LogP contribution in [-0.2, 0) is 32.2 Å². The van der Waals surface area contributed by atoms with Gasteiger partial charge in [0.1, 0.15) is 6.54 Å². The predicted molar refractivity (Wildman–Crippen MR) is 177 cm³/mol. The van der Waals surface area contributed by atoms with Gasteiger partial charge in [-0.25, -0.2) is 9.78 Å². The van der Waals surface area contributed by atoms with Gasteiger partial charge in [-0.15, -0.1) is 11.8 Å². The Kier molecular flexibility index (Phi) is 11.8. The van der Waals surface area contributed by atoms with E-state index < -0.39 is 18.3 Å². The molecular weight excluding hydrogens is 602 g/mol. The molecule has 0 unspecified atom stereocenters. The second-order valence-corrected chi connectivity index (χ2v) is 12.0. The van der Waals surface area contributed by atoms with Crippen molar-refractivity contribution in [2.24, 2.45) is 5.92 Å². The van der Waals surface area contributed by atoms with Gasteiger partial charge in [-0.2, -0.15) is 0 Å². The van der Waals surface area contributed by atoms with E-state index in [9.17, 15) is 14.7 Å². The summed E-state index contributed by atoms with van der Waals surface area (Å²) < 4.78 is 18.0. The zero-order chi connectivity index (χ0) is 32.3. The van der Waals surface area contributed by atoms with Gasteiger partial charge in [0, 0.05) is 30.0 Å². The van der Waals surface area contributed by atoms with Crippen molar-refractivity contribution in [2.45, 2.75) is 50.5 Å². The number of esters is 1. The molecule has 2 heterocycles. The number of nitrogens with one attached hydrogen (secondary N) is 2. The van der Waals surface area contributed by atoms with E-state index in [1.807, 2.05) is 91.0 Å². The van der Waals surface area contributed by atoms with Crippen LogP contribution >= 0.6 is 11.8 Å². The van der Waals surface area contributed by atoms with E-state index in [2.05, 4.69) is 22.5 Å². The number of benzene rings is 3. The van der Waals surface area contributed by atoms with Crippen LogP contribution in [0, 0.1) is 5.92 Å². The molecule has 10 heteroatoms. The van der Waals surface area contributed by atoms with E-state index >= 15 is 0 Å². The number of aromatic nitrogens is 1. The number of aliphatic hydroxyl groups excluding tert-OH is 1. The number of hydrogen-bond acceptors (Lipinski definition) is 8. The highest BCUT2D eigenvalue weighted by atomic mass is 32.2. The van der Waals surface area contributed by atoms with Crippen molar-refractivity contribution in [3.63, 3.8) is 0 Å². The maximum absolute atomic E-state index is 12.1. The molecule has 5 rings (SSSR count). The largest absolute Gasteiger partial charge is 0.465 e. The maximum atomic E-state index is 12.1. The normalized spacial score (nSPS) is 19.3. The molecule has 0 bridgehead atoms. The van der Waals surface area contributed by atoms with Crippen LogP contribution in [0.2, 0.25) is 0 Å². The van der Waals surface area contributed by atoms with E-state index in [1.54, 1.807) is 24.9 Å². The molecule has 1 aromatic heterocycles. The van der Waals surface area contributed by atoms with Crippen LogP contribution in [0.25, 0.3) is 11.1 Å². The van der Waals surface area contributed by atoms with Gasteiger partial charge in [-0.05, 0) is 52.9 Å². The summed E-state index contributed by atoms with van der Waals surface area (Å²) in [5.41, 5.74) is 5.75. The molecule has 3 aromatic carbocycles. The number of nitrogens with zero attached hydrogens (tertiary/aromatic N) is 1. The monoisotopic (exact) mass is 641 g/mol. The lowest BCUT2D eigenvalue weighted by Gasteiger charge is -2.41. The average Bonchev–Trinajstić information content (AvgIpc) is 3.10. The van der Waals surface area contributed by atoms with Gasteiger partial charge in [0.15, 0.2) is 6.29 Å². The quantitative estimate of drug-likeness (QED) is 0.124. The summed E-state index contributed by atoms with van der Waals surface area (Å²) in [5.74, 6) is 0.325. The third kappa shape index (κ3) is 8.95. The summed E-state index contributed by atoms with van der Waals surface area (Å²) in [4.78, 5) is 28.0. The fraction of sp³-hybridized carbons (Fsp3) is 0.306. The summed E-state index contributed by atoms with van der Waals surface area (Å²) in [6, 6.07) is 29.4. The lowest BCUT2D eigenvalue weighted by Crippen LogP contribution is -2.38. The van der Waals surface area contributed by atoms with Gasteiger partial charge in [-0.3, -0.25) is 4.79 Å². The Bertz CT molecular complexity index is 1570. The van der Waals surface area contributed by atoms with E-state index in [0.717, 1.165) is 44.2 Å². The van der Waals surface area contributed by atoms with Crippen LogP contribution in [0.15, 0.2) is 102 Å². The molecule has 1 aliphatic heterocycles. The number of rotatable bonds is 12. The molecule has 0 saturated carbocycles. The number of pyridine rings is 1. The molecule has 0 radical (unpaired) electrons. The minimum Gasteiger partial charge on any atom is -0.465 e.